The molecule has 7 heteroatoms. The summed E-state index contributed by atoms with van der Waals surface area (Å²) in [6, 6.07) is 4.79. The van der Waals surface area contributed by atoms with Gasteiger partial charge in [0.1, 0.15) is 5.75 Å². The van der Waals surface area contributed by atoms with E-state index in [1.165, 1.54) is 7.11 Å². The normalized spacial score (nSPS) is 20.6. The fourth-order valence-electron chi connectivity index (χ4n) is 2.25. The summed E-state index contributed by atoms with van der Waals surface area (Å²) < 4.78 is 27.7. The van der Waals surface area contributed by atoms with Gasteiger partial charge in [0.2, 0.25) is 0 Å². The standard InChI is InChI=1S/C13H18N2O4S/c1-19-12-3-2-10(6-11(12)14)13(16)15-7-9-4-5-20(17,18)8-9/h2-3,6,9H,4-5,7-8,14H2,1H3,(H,15,16). The van der Waals surface area contributed by atoms with Crippen LogP contribution in [0.5, 0.6) is 5.75 Å². The Morgan fingerprint density at radius 2 is 2.25 bits per heavy atom. The van der Waals surface area contributed by atoms with Crippen molar-refractivity contribution in [3.8, 4) is 5.75 Å². The lowest BCUT2D eigenvalue weighted by Gasteiger charge is -2.11. The lowest BCUT2D eigenvalue weighted by atomic mass is 10.1. The lowest BCUT2D eigenvalue weighted by molar-refractivity contribution is 0.0948. The molecule has 1 aliphatic rings. The molecule has 20 heavy (non-hydrogen) atoms. The molecule has 110 valence electrons. The van der Waals surface area contributed by atoms with Crippen molar-refractivity contribution in [3.63, 3.8) is 0 Å². The zero-order valence-corrected chi connectivity index (χ0v) is 12.1. The summed E-state index contributed by atoms with van der Waals surface area (Å²) in [7, 11) is -1.41. The molecule has 3 N–H and O–H groups in total. The number of methoxy groups -OCH3 is 1. The van der Waals surface area contributed by atoms with Gasteiger partial charge in [-0.05, 0) is 30.5 Å². The summed E-state index contributed by atoms with van der Waals surface area (Å²) in [5.74, 6) is 0.618. The molecule has 1 aromatic carbocycles. The van der Waals surface area contributed by atoms with Crippen LogP contribution >= 0.6 is 0 Å². The first kappa shape index (κ1) is 14.6. The van der Waals surface area contributed by atoms with Crippen LogP contribution in [0.15, 0.2) is 18.2 Å². The summed E-state index contributed by atoms with van der Waals surface area (Å²) in [4.78, 5) is 12.0. The third-order valence-corrected chi connectivity index (χ3v) is 5.21. The van der Waals surface area contributed by atoms with Crippen LogP contribution in [0.1, 0.15) is 16.8 Å². The van der Waals surface area contributed by atoms with Crippen molar-refractivity contribution in [2.75, 3.05) is 30.9 Å². The molecule has 1 unspecified atom stereocenters. The van der Waals surface area contributed by atoms with Crippen molar-refractivity contribution in [1.82, 2.24) is 5.32 Å². The number of nitrogen functional groups attached to an aromatic ring is 1. The molecule has 1 saturated heterocycles. The third kappa shape index (κ3) is 3.41. The highest BCUT2D eigenvalue weighted by atomic mass is 32.2. The Kier molecular flexibility index (Phi) is 4.17. The predicted octanol–water partition coefficient (Wildman–Crippen LogP) is 0.442. The van der Waals surface area contributed by atoms with Crippen LogP contribution in [-0.4, -0.2) is 39.5 Å². The summed E-state index contributed by atoms with van der Waals surface area (Å²) >= 11 is 0. The zero-order chi connectivity index (χ0) is 14.8. The Hall–Kier alpha value is -1.76. The first-order valence-electron chi connectivity index (χ1n) is 6.33. The molecule has 0 saturated carbocycles. The number of carbonyl (C=O) groups is 1. The van der Waals surface area contributed by atoms with E-state index in [0.717, 1.165) is 0 Å². The van der Waals surface area contributed by atoms with Crippen molar-refractivity contribution in [2.45, 2.75) is 6.42 Å². The minimum absolute atomic E-state index is 0.000421. The minimum atomic E-state index is -2.91. The van der Waals surface area contributed by atoms with E-state index in [2.05, 4.69) is 5.32 Å². The number of hydrogen-bond donors (Lipinski definition) is 2. The number of amides is 1. The summed E-state index contributed by atoms with van der Waals surface area (Å²) in [5, 5.41) is 2.74. The van der Waals surface area contributed by atoms with Gasteiger partial charge in [-0.2, -0.15) is 0 Å². The highest BCUT2D eigenvalue weighted by molar-refractivity contribution is 7.91. The van der Waals surface area contributed by atoms with E-state index in [0.29, 0.717) is 30.0 Å². The number of ether oxygens (including phenoxy) is 1. The van der Waals surface area contributed by atoms with Gasteiger partial charge in [0.15, 0.2) is 9.84 Å². The SMILES string of the molecule is COc1ccc(C(=O)NCC2CCS(=O)(=O)C2)cc1N. The van der Waals surface area contributed by atoms with E-state index < -0.39 is 9.84 Å². The molecule has 1 atom stereocenters. The zero-order valence-electron chi connectivity index (χ0n) is 11.3. The maximum absolute atomic E-state index is 12.0. The molecule has 2 rings (SSSR count). The maximum Gasteiger partial charge on any atom is 0.251 e. The fourth-order valence-corrected chi connectivity index (χ4v) is 4.11. The van der Waals surface area contributed by atoms with E-state index in [9.17, 15) is 13.2 Å². The molecule has 1 amide bonds. The number of sulfone groups is 1. The van der Waals surface area contributed by atoms with Gasteiger partial charge in [-0.15, -0.1) is 0 Å². The van der Waals surface area contributed by atoms with Gasteiger partial charge in [0.25, 0.3) is 5.91 Å². The van der Waals surface area contributed by atoms with Crippen molar-refractivity contribution < 1.29 is 17.9 Å². The number of hydrogen-bond acceptors (Lipinski definition) is 5. The van der Waals surface area contributed by atoms with Gasteiger partial charge in [0.05, 0.1) is 24.3 Å². The molecule has 0 aliphatic carbocycles. The molecule has 0 bridgehead atoms. The third-order valence-electron chi connectivity index (χ3n) is 3.37. The van der Waals surface area contributed by atoms with Crippen molar-refractivity contribution in [2.24, 2.45) is 5.92 Å². The molecular weight excluding hydrogens is 280 g/mol. The van der Waals surface area contributed by atoms with Crippen LogP contribution in [0.2, 0.25) is 0 Å². The predicted molar refractivity (Wildman–Crippen MR) is 76.5 cm³/mol. The van der Waals surface area contributed by atoms with Crippen LogP contribution in [0, 0.1) is 5.92 Å². The first-order valence-corrected chi connectivity index (χ1v) is 8.15. The molecule has 0 aromatic heterocycles. The highest BCUT2D eigenvalue weighted by Crippen LogP contribution is 2.22. The largest absolute Gasteiger partial charge is 0.495 e. The number of nitrogens with two attached hydrogens (primary N) is 1. The number of carbonyl (C=O) groups excluding carboxylic acids is 1. The molecule has 1 aromatic rings. The Bertz CT molecular complexity index is 613. The monoisotopic (exact) mass is 298 g/mol. The lowest BCUT2D eigenvalue weighted by Crippen LogP contribution is -2.29. The van der Waals surface area contributed by atoms with Crippen LogP contribution in [-0.2, 0) is 9.84 Å². The molecule has 1 aliphatic heterocycles. The highest BCUT2D eigenvalue weighted by Gasteiger charge is 2.28. The van der Waals surface area contributed by atoms with Gasteiger partial charge in [0, 0.05) is 12.1 Å². The van der Waals surface area contributed by atoms with Gasteiger partial charge in [-0.1, -0.05) is 0 Å². The molecule has 1 heterocycles. The van der Waals surface area contributed by atoms with Gasteiger partial charge < -0.3 is 15.8 Å². The summed E-state index contributed by atoms with van der Waals surface area (Å²) in [6.45, 7) is 0.365. The second-order valence-corrected chi connectivity index (χ2v) is 7.16. The van der Waals surface area contributed by atoms with E-state index in [4.69, 9.17) is 10.5 Å². The second-order valence-electron chi connectivity index (χ2n) is 4.94. The summed E-state index contributed by atoms with van der Waals surface area (Å²) in [6.07, 6.45) is 0.605. The van der Waals surface area contributed by atoms with Crippen molar-refractivity contribution in [3.05, 3.63) is 23.8 Å². The molecule has 0 spiro atoms. The summed E-state index contributed by atoms with van der Waals surface area (Å²) in [5.41, 5.74) is 6.57. The Morgan fingerprint density at radius 3 is 2.80 bits per heavy atom. The Balaban J connectivity index is 1.94. The topological polar surface area (TPSA) is 98.5 Å². The van der Waals surface area contributed by atoms with E-state index in [1.54, 1.807) is 18.2 Å². The number of anilines is 1. The van der Waals surface area contributed by atoms with Gasteiger partial charge in [-0.25, -0.2) is 8.42 Å². The number of benzene rings is 1. The Morgan fingerprint density at radius 1 is 1.50 bits per heavy atom. The van der Waals surface area contributed by atoms with Crippen LogP contribution in [0.4, 0.5) is 5.69 Å². The van der Waals surface area contributed by atoms with Gasteiger partial charge >= 0.3 is 0 Å². The average Bonchev–Trinajstić information content (AvgIpc) is 2.75. The van der Waals surface area contributed by atoms with Gasteiger partial charge in [-0.3, -0.25) is 4.79 Å². The van der Waals surface area contributed by atoms with Crippen molar-refractivity contribution in [1.29, 1.82) is 0 Å². The van der Waals surface area contributed by atoms with E-state index in [-0.39, 0.29) is 23.3 Å². The number of nitrogens with one attached hydrogen (secondary N) is 1. The smallest absolute Gasteiger partial charge is 0.251 e. The molecule has 1 fully saturated rings. The van der Waals surface area contributed by atoms with Crippen LogP contribution < -0.4 is 15.8 Å². The fraction of sp³-hybridized carbons (Fsp3) is 0.462. The molecule has 0 radical (unpaired) electrons. The minimum Gasteiger partial charge on any atom is -0.495 e. The van der Waals surface area contributed by atoms with E-state index in [1.807, 2.05) is 0 Å². The number of rotatable bonds is 4. The molecule has 6 nitrogen and oxygen atoms in total. The van der Waals surface area contributed by atoms with Crippen molar-refractivity contribution >= 4 is 21.4 Å². The van der Waals surface area contributed by atoms with Crippen LogP contribution in [0.3, 0.4) is 0 Å². The molecular formula is C13H18N2O4S. The van der Waals surface area contributed by atoms with E-state index >= 15 is 0 Å². The van der Waals surface area contributed by atoms with Crippen LogP contribution in [0.25, 0.3) is 0 Å². The second kappa shape index (κ2) is 5.70. The average molecular weight is 298 g/mol. The quantitative estimate of drug-likeness (QED) is 0.786. The first-order chi connectivity index (χ1) is 9.41. The maximum atomic E-state index is 12.0. The Labute approximate surface area is 118 Å².